The van der Waals surface area contributed by atoms with Crippen LogP contribution in [0.4, 0.5) is 0 Å². The zero-order chi connectivity index (χ0) is 34.2. The highest BCUT2D eigenvalue weighted by molar-refractivity contribution is 6.24. The van der Waals surface area contributed by atoms with Crippen molar-refractivity contribution in [2.75, 3.05) is 0 Å². The Hall–Kier alpha value is -7.11. The quantitative estimate of drug-likeness (QED) is 0.176. The molecular weight excluding hydrogens is 637 g/mol. The summed E-state index contributed by atoms with van der Waals surface area (Å²) < 4.78 is 8.49. The number of aromatic nitrogens is 4. The Balaban J connectivity index is 0.991. The Labute approximate surface area is 298 Å². The zero-order valence-electron chi connectivity index (χ0n) is 27.9. The lowest BCUT2D eigenvalue weighted by Crippen LogP contribution is -1.99. The minimum Gasteiger partial charge on any atom is -0.455 e. The molecule has 11 aromatic rings. The standard InChI is InChI=1S/C47H28N4O/c1-2-10-31(11-3-1)41-28-42-36-13-4-7-15-39(36)49-47(51(42)50-41)33-24-20-30(21-25-33)29-18-22-32(23-19-29)45-38-27-26-35-34-12-6-9-17-43(34)52-46(35)44(38)37-14-5-8-16-40(37)48-45/h1-28H. The van der Waals surface area contributed by atoms with Crippen LogP contribution in [-0.2, 0) is 0 Å². The molecule has 7 aromatic carbocycles. The molecule has 0 fully saturated rings. The van der Waals surface area contributed by atoms with Crippen molar-refractivity contribution >= 4 is 60.0 Å². The van der Waals surface area contributed by atoms with Crippen molar-refractivity contribution in [2.24, 2.45) is 0 Å². The van der Waals surface area contributed by atoms with Crippen LogP contribution in [0.1, 0.15) is 0 Å². The third kappa shape index (κ3) is 4.39. The summed E-state index contributed by atoms with van der Waals surface area (Å²) in [7, 11) is 0. The smallest absolute Gasteiger partial charge is 0.161 e. The molecule has 0 saturated heterocycles. The summed E-state index contributed by atoms with van der Waals surface area (Å²) in [5.74, 6) is 0.811. The monoisotopic (exact) mass is 664 g/mol. The summed E-state index contributed by atoms with van der Waals surface area (Å²) in [6, 6.07) is 59.0. The van der Waals surface area contributed by atoms with E-state index in [4.69, 9.17) is 19.5 Å². The van der Waals surface area contributed by atoms with E-state index in [-0.39, 0.29) is 0 Å². The van der Waals surface area contributed by atoms with Crippen LogP contribution in [0.2, 0.25) is 0 Å². The lowest BCUT2D eigenvalue weighted by molar-refractivity contribution is 0.673. The number of benzene rings is 7. The van der Waals surface area contributed by atoms with Gasteiger partial charge >= 0.3 is 0 Å². The van der Waals surface area contributed by atoms with Crippen LogP contribution in [0.15, 0.2) is 174 Å². The topological polar surface area (TPSA) is 56.2 Å². The molecule has 5 heteroatoms. The van der Waals surface area contributed by atoms with Gasteiger partial charge in [-0.05, 0) is 41.5 Å². The molecule has 4 heterocycles. The first-order chi connectivity index (χ1) is 25.8. The van der Waals surface area contributed by atoms with Gasteiger partial charge in [0.25, 0.3) is 0 Å². The Bertz CT molecular complexity index is 3160. The van der Waals surface area contributed by atoms with E-state index in [2.05, 4.69) is 127 Å². The third-order valence-corrected chi connectivity index (χ3v) is 10.2. The molecule has 0 aliphatic carbocycles. The van der Waals surface area contributed by atoms with Gasteiger partial charge in [-0.25, -0.2) is 14.5 Å². The first-order valence-corrected chi connectivity index (χ1v) is 17.4. The molecule has 5 nitrogen and oxygen atoms in total. The fourth-order valence-corrected chi connectivity index (χ4v) is 7.69. The predicted octanol–water partition coefficient (Wildman–Crippen LogP) is 12.2. The van der Waals surface area contributed by atoms with Gasteiger partial charge in [-0.3, -0.25) is 0 Å². The molecule has 4 aromatic heterocycles. The minimum atomic E-state index is 0.811. The molecule has 0 aliphatic heterocycles. The van der Waals surface area contributed by atoms with Crippen LogP contribution in [0.25, 0.3) is 105 Å². The van der Waals surface area contributed by atoms with Gasteiger partial charge in [0.1, 0.15) is 11.2 Å². The van der Waals surface area contributed by atoms with Crippen LogP contribution >= 0.6 is 0 Å². The Morgan fingerprint density at radius 1 is 0.423 bits per heavy atom. The van der Waals surface area contributed by atoms with Crippen molar-refractivity contribution in [3.05, 3.63) is 170 Å². The highest BCUT2D eigenvalue weighted by Gasteiger charge is 2.18. The first-order valence-electron chi connectivity index (χ1n) is 17.4. The van der Waals surface area contributed by atoms with Crippen LogP contribution in [-0.4, -0.2) is 19.6 Å². The van der Waals surface area contributed by atoms with E-state index in [1.54, 1.807) is 0 Å². The molecule has 0 amide bonds. The van der Waals surface area contributed by atoms with Gasteiger partial charge in [-0.1, -0.05) is 140 Å². The number of furan rings is 1. The maximum Gasteiger partial charge on any atom is 0.161 e. The third-order valence-electron chi connectivity index (χ3n) is 10.2. The molecule has 0 spiro atoms. The number of para-hydroxylation sites is 3. The van der Waals surface area contributed by atoms with Crippen molar-refractivity contribution < 1.29 is 4.42 Å². The van der Waals surface area contributed by atoms with E-state index in [0.29, 0.717) is 0 Å². The molecule has 0 N–H and O–H groups in total. The second-order valence-electron chi connectivity index (χ2n) is 13.2. The summed E-state index contributed by atoms with van der Waals surface area (Å²) in [5, 5.41) is 11.6. The Morgan fingerprint density at radius 2 is 1.02 bits per heavy atom. The SMILES string of the molecule is c1ccc(-c2cc3c4ccccc4nc(-c4ccc(-c5ccc(-c6nc7ccccc7c7c6ccc6c8ccccc8oc67)cc5)cc4)n3n2)cc1. The lowest BCUT2D eigenvalue weighted by atomic mass is 9.96. The van der Waals surface area contributed by atoms with Crippen LogP contribution in [0.5, 0.6) is 0 Å². The molecule has 0 unspecified atom stereocenters. The van der Waals surface area contributed by atoms with Crippen molar-refractivity contribution in [2.45, 2.75) is 0 Å². The summed E-state index contributed by atoms with van der Waals surface area (Å²) in [5.41, 5.74) is 12.0. The minimum absolute atomic E-state index is 0.811. The van der Waals surface area contributed by atoms with Gasteiger partial charge in [0.05, 0.1) is 27.9 Å². The predicted molar refractivity (Wildman–Crippen MR) is 212 cm³/mol. The summed E-state index contributed by atoms with van der Waals surface area (Å²) in [6.45, 7) is 0. The highest BCUT2D eigenvalue weighted by atomic mass is 16.3. The largest absolute Gasteiger partial charge is 0.455 e. The molecule has 11 rings (SSSR count). The van der Waals surface area contributed by atoms with E-state index in [1.807, 2.05) is 47.0 Å². The molecule has 0 saturated carbocycles. The second-order valence-corrected chi connectivity index (χ2v) is 13.2. The number of hydrogen-bond donors (Lipinski definition) is 0. The molecule has 0 radical (unpaired) electrons. The number of hydrogen-bond acceptors (Lipinski definition) is 4. The summed E-state index contributed by atoms with van der Waals surface area (Å²) in [6.07, 6.45) is 0. The normalized spacial score (nSPS) is 11.8. The maximum absolute atomic E-state index is 6.51. The van der Waals surface area contributed by atoms with Gasteiger partial charge in [0.15, 0.2) is 5.82 Å². The lowest BCUT2D eigenvalue weighted by Gasteiger charge is -2.12. The van der Waals surface area contributed by atoms with Crippen molar-refractivity contribution in [1.29, 1.82) is 0 Å². The summed E-state index contributed by atoms with van der Waals surface area (Å²) in [4.78, 5) is 10.3. The molecular formula is C47H28N4O. The molecule has 52 heavy (non-hydrogen) atoms. The van der Waals surface area contributed by atoms with Crippen LogP contribution in [0, 0.1) is 0 Å². The Morgan fingerprint density at radius 3 is 1.79 bits per heavy atom. The number of rotatable bonds is 4. The number of pyridine rings is 1. The van der Waals surface area contributed by atoms with Gasteiger partial charge in [-0.15, -0.1) is 0 Å². The van der Waals surface area contributed by atoms with E-state index in [9.17, 15) is 0 Å². The highest BCUT2D eigenvalue weighted by Crippen LogP contribution is 2.41. The maximum atomic E-state index is 6.51. The molecule has 0 bridgehead atoms. The fourth-order valence-electron chi connectivity index (χ4n) is 7.69. The Kier molecular flexibility index (Phi) is 6.18. The van der Waals surface area contributed by atoms with Crippen molar-refractivity contribution in [1.82, 2.24) is 19.6 Å². The second kappa shape index (κ2) is 11.2. The average molecular weight is 665 g/mol. The zero-order valence-corrected chi connectivity index (χ0v) is 27.9. The van der Waals surface area contributed by atoms with Crippen LogP contribution < -0.4 is 0 Å². The molecule has 0 aliphatic rings. The van der Waals surface area contributed by atoms with Crippen LogP contribution in [0.3, 0.4) is 0 Å². The summed E-state index contributed by atoms with van der Waals surface area (Å²) >= 11 is 0. The van der Waals surface area contributed by atoms with E-state index < -0.39 is 0 Å². The van der Waals surface area contributed by atoms with E-state index in [1.165, 1.54) is 0 Å². The first kappa shape index (κ1) is 28.7. The number of fused-ring (bicyclic) bond motifs is 10. The van der Waals surface area contributed by atoms with E-state index >= 15 is 0 Å². The fraction of sp³-hybridized carbons (Fsp3) is 0. The number of nitrogens with zero attached hydrogens (tertiary/aromatic N) is 4. The van der Waals surface area contributed by atoms with Crippen molar-refractivity contribution in [3.63, 3.8) is 0 Å². The van der Waals surface area contributed by atoms with Gasteiger partial charge in [0.2, 0.25) is 0 Å². The van der Waals surface area contributed by atoms with E-state index in [0.717, 1.165) is 105 Å². The van der Waals surface area contributed by atoms with Gasteiger partial charge < -0.3 is 4.42 Å². The van der Waals surface area contributed by atoms with Crippen molar-refractivity contribution in [3.8, 4) is 45.0 Å². The molecule has 0 atom stereocenters. The van der Waals surface area contributed by atoms with Gasteiger partial charge in [0, 0.05) is 49.0 Å². The molecule has 242 valence electrons. The average Bonchev–Trinajstić information content (AvgIpc) is 3.84. The van der Waals surface area contributed by atoms with Gasteiger partial charge in [-0.2, -0.15) is 5.10 Å².